The highest BCUT2D eigenvalue weighted by Crippen LogP contribution is 2.15. The zero-order valence-electron chi connectivity index (χ0n) is 7.54. The smallest absolute Gasteiger partial charge is 0.0736 e. The highest BCUT2D eigenvalue weighted by Gasteiger charge is 1.97. The van der Waals surface area contributed by atoms with Gasteiger partial charge < -0.3 is 11.1 Å². The van der Waals surface area contributed by atoms with Crippen LogP contribution in [0, 0.1) is 5.92 Å². The highest BCUT2D eigenvalue weighted by molar-refractivity contribution is 5.64. The van der Waals surface area contributed by atoms with Crippen LogP contribution < -0.4 is 11.1 Å². The Labute approximate surface area is 73.0 Å². The first-order chi connectivity index (χ1) is 5.70. The van der Waals surface area contributed by atoms with Gasteiger partial charge in [-0.1, -0.05) is 13.8 Å². The van der Waals surface area contributed by atoms with E-state index >= 15 is 0 Å². The number of nitrogens with one attached hydrogen (secondary N) is 1. The lowest BCUT2D eigenvalue weighted by Crippen LogP contribution is -2.09. The van der Waals surface area contributed by atoms with Crippen LogP contribution in [0.25, 0.3) is 0 Å². The highest BCUT2D eigenvalue weighted by atomic mass is 14.9. The number of hydrogen-bond acceptors (Lipinski definition) is 3. The zero-order chi connectivity index (χ0) is 8.97. The SMILES string of the molecule is CC(C)CNc1ccncc1N. The Morgan fingerprint density at radius 1 is 1.58 bits per heavy atom. The summed E-state index contributed by atoms with van der Waals surface area (Å²) in [6.45, 7) is 5.25. The van der Waals surface area contributed by atoms with Gasteiger partial charge in [0.25, 0.3) is 0 Å². The lowest BCUT2D eigenvalue weighted by molar-refractivity contribution is 0.689. The Morgan fingerprint density at radius 3 is 2.92 bits per heavy atom. The van der Waals surface area contributed by atoms with Crippen molar-refractivity contribution in [2.24, 2.45) is 5.92 Å². The van der Waals surface area contributed by atoms with Gasteiger partial charge in [-0.05, 0) is 12.0 Å². The summed E-state index contributed by atoms with van der Waals surface area (Å²) >= 11 is 0. The second-order valence-corrected chi connectivity index (χ2v) is 3.24. The molecule has 0 spiro atoms. The predicted octanol–water partition coefficient (Wildman–Crippen LogP) is 1.73. The van der Waals surface area contributed by atoms with Crippen molar-refractivity contribution >= 4 is 11.4 Å². The number of anilines is 2. The molecular formula is C9H15N3. The minimum atomic E-state index is 0.623. The van der Waals surface area contributed by atoms with Crippen molar-refractivity contribution in [2.45, 2.75) is 13.8 Å². The fourth-order valence-electron chi connectivity index (χ4n) is 0.882. The maximum Gasteiger partial charge on any atom is 0.0736 e. The molecule has 0 aromatic carbocycles. The Hall–Kier alpha value is -1.25. The summed E-state index contributed by atoms with van der Waals surface area (Å²) in [6.07, 6.45) is 3.39. The molecule has 3 heteroatoms. The van der Waals surface area contributed by atoms with E-state index in [0.29, 0.717) is 11.6 Å². The van der Waals surface area contributed by atoms with E-state index < -0.39 is 0 Å². The van der Waals surface area contributed by atoms with E-state index in [-0.39, 0.29) is 0 Å². The molecule has 0 fully saturated rings. The van der Waals surface area contributed by atoms with Gasteiger partial charge in [-0.2, -0.15) is 0 Å². The molecule has 0 saturated carbocycles. The third kappa shape index (κ3) is 2.42. The molecular weight excluding hydrogens is 150 g/mol. The average Bonchev–Trinajstić information content (AvgIpc) is 2.03. The van der Waals surface area contributed by atoms with Crippen LogP contribution in [0.2, 0.25) is 0 Å². The summed E-state index contributed by atoms with van der Waals surface area (Å²) in [6, 6.07) is 1.89. The molecule has 12 heavy (non-hydrogen) atoms. The summed E-state index contributed by atoms with van der Waals surface area (Å²) in [7, 11) is 0. The van der Waals surface area contributed by atoms with Gasteiger partial charge in [0.05, 0.1) is 17.6 Å². The molecule has 66 valence electrons. The van der Waals surface area contributed by atoms with Gasteiger partial charge >= 0.3 is 0 Å². The standard InChI is InChI=1S/C9H15N3/c1-7(2)5-12-9-3-4-11-6-8(9)10/h3-4,6-7H,5,10H2,1-2H3,(H,11,12). The molecule has 0 amide bonds. The second kappa shape index (κ2) is 3.95. The number of nitrogens with zero attached hydrogens (tertiary/aromatic N) is 1. The van der Waals surface area contributed by atoms with E-state index in [1.165, 1.54) is 0 Å². The first kappa shape index (κ1) is 8.84. The van der Waals surface area contributed by atoms with Crippen molar-refractivity contribution in [1.29, 1.82) is 0 Å². The molecule has 3 nitrogen and oxygen atoms in total. The minimum absolute atomic E-state index is 0.623. The van der Waals surface area contributed by atoms with Crippen LogP contribution in [0.4, 0.5) is 11.4 Å². The van der Waals surface area contributed by atoms with Crippen LogP contribution in [0.15, 0.2) is 18.5 Å². The number of nitrogen functional groups attached to an aromatic ring is 1. The summed E-state index contributed by atoms with van der Waals surface area (Å²) in [5, 5.41) is 3.25. The van der Waals surface area contributed by atoms with E-state index in [1.807, 2.05) is 6.07 Å². The zero-order valence-corrected chi connectivity index (χ0v) is 7.54. The number of rotatable bonds is 3. The van der Waals surface area contributed by atoms with Crippen molar-refractivity contribution in [1.82, 2.24) is 4.98 Å². The maximum atomic E-state index is 5.68. The fraction of sp³-hybridized carbons (Fsp3) is 0.444. The molecule has 0 unspecified atom stereocenters. The molecule has 0 bridgehead atoms. The number of aromatic nitrogens is 1. The molecule has 1 aromatic heterocycles. The van der Waals surface area contributed by atoms with Crippen LogP contribution in [0.3, 0.4) is 0 Å². The van der Waals surface area contributed by atoms with Crippen LogP contribution in [0.1, 0.15) is 13.8 Å². The third-order valence-corrected chi connectivity index (χ3v) is 1.55. The minimum Gasteiger partial charge on any atom is -0.396 e. The maximum absolute atomic E-state index is 5.68. The summed E-state index contributed by atoms with van der Waals surface area (Å²) < 4.78 is 0. The van der Waals surface area contributed by atoms with E-state index in [4.69, 9.17) is 5.73 Å². The average molecular weight is 165 g/mol. The number of hydrogen-bond donors (Lipinski definition) is 2. The van der Waals surface area contributed by atoms with Crippen LogP contribution in [-0.2, 0) is 0 Å². The summed E-state index contributed by atoms with van der Waals surface area (Å²) in [4.78, 5) is 3.91. The summed E-state index contributed by atoms with van der Waals surface area (Å²) in [5.41, 5.74) is 7.36. The first-order valence-electron chi connectivity index (χ1n) is 4.13. The number of nitrogens with two attached hydrogens (primary N) is 1. The van der Waals surface area contributed by atoms with Crippen molar-refractivity contribution in [3.63, 3.8) is 0 Å². The molecule has 0 aliphatic rings. The normalized spacial score (nSPS) is 10.2. The van der Waals surface area contributed by atoms with Crippen molar-refractivity contribution in [3.05, 3.63) is 18.5 Å². The van der Waals surface area contributed by atoms with Gasteiger partial charge in [0.2, 0.25) is 0 Å². The molecule has 0 aliphatic carbocycles. The lowest BCUT2D eigenvalue weighted by Gasteiger charge is -2.10. The van der Waals surface area contributed by atoms with Gasteiger partial charge in [-0.3, -0.25) is 4.98 Å². The van der Waals surface area contributed by atoms with E-state index in [9.17, 15) is 0 Å². The van der Waals surface area contributed by atoms with Crippen molar-refractivity contribution < 1.29 is 0 Å². The molecule has 0 radical (unpaired) electrons. The first-order valence-corrected chi connectivity index (χ1v) is 4.13. The number of pyridine rings is 1. The monoisotopic (exact) mass is 165 g/mol. The molecule has 0 atom stereocenters. The van der Waals surface area contributed by atoms with Gasteiger partial charge in [-0.25, -0.2) is 0 Å². The Kier molecular flexibility index (Phi) is 2.91. The molecule has 3 N–H and O–H groups in total. The second-order valence-electron chi connectivity index (χ2n) is 3.24. The van der Waals surface area contributed by atoms with Crippen LogP contribution in [-0.4, -0.2) is 11.5 Å². The van der Waals surface area contributed by atoms with E-state index in [0.717, 1.165) is 12.2 Å². The van der Waals surface area contributed by atoms with Gasteiger partial charge in [0.15, 0.2) is 0 Å². The fourth-order valence-corrected chi connectivity index (χ4v) is 0.882. The van der Waals surface area contributed by atoms with Gasteiger partial charge in [0, 0.05) is 12.7 Å². The topological polar surface area (TPSA) is 50.9 Å². The Bertz CT molecular complexity index is 245. The van der Waals surface area contributed by atoms with Crippen LogP contribution in [0.5, 0.6) is 0 Å². The van der Waals surface area contributed by atoms with Gasteiger partial charge in [-0.15, -0.1) is 0 Å². The molecule has 1 aromatic rings. The third-order valence-electron chi connectivity index (χ3n) is 1.55. The molecule has 1 rings (SSSR count). The molecule has 1 heterocycles. The largest absolute Gasteiger partial charge is 0.396 e. The Balaban J connectivity index is 2.57. The molecule has 0 aliphatic heterocycles. The van der Waals surface area contributed by atoms with E-state index in [2.05, 4.69) is 24.1 Å². The predicted molar refractivity (Wildman–Crippen MR) is 52.0 cm³/mol. The van der Waals surface area contributed by atoms with Crippen molar-refractivity contribution in [3.8, 4) is 0 Å². The lowest BCUT2D eigenvalue weighted by atomic mass is 10.2. The van der Waals surface area contributed by atoms with Gasteiger partial charge in [0.1, 0.15) is 0 Å². The Morgan fingerprint density at radius 2 is 2.33 bits per heavy atom. The van der Waals surface area contributed by atoms with Crippen LogP contribution >= 0.6 is 0 Å². The van der Waals surface area contributed by atoms with Crippen molar-refractivity contribution in [2.75, 3.05) is 17.6 Å². The summed E-state index contributed by atoms with van der Waals surface area (Å²) in [5.74, 6) is 0.623. The molecule has 0 saturated heterocycles. The van der Waals surface area contributed by atoms with E-state index in [1.54, 1.807) is 12.4 Å². The quantitative estimate of drug-likeness (QED) is 0.717.